The van der Waals surface area contributed by atoms with Gasteiger partial charge in [0.1, 0.15) is 12.4 Å². The number of rotatable bonds is 10. The predicted molar refractivity (Wildman–Crippen MR) is 111 cm³/mol. The zero-order chi connectivity index (χ0) is 20.4. The minimum Gasteiger partial charge on any atom is -0.496 e. The van der Waals surface area contributed by atoms with E-state index in [1.54, 1.807) is 37.4 Å². The van der Waals surface area contributed by atoms with Crippen molar-refractivity contribution in [2.75, 3.05) is 13.7 Å². The molecule has 6 heteroatoms. The molecule has 28 heavy (non-hydrogen) atoms. The van der Waals surface area contributed by atoms with Gasteiger partial charge in [-0.05, 0) is 36.8 Å². The van der Waals surface area contributed by atoms with E-state index >= 15 is 0 Å². The van der Waals surface area contributed by atoms with Gasteiger partial charge in [-0.3, -0.25) is 0 Å². The smallest absolute Gasteiger partial charge is 0.339 e. The summed E-state index contributed by atoms with van der Waals surface area (Å²) in [4.78, 5) is 24.9. The Kier molecular flexibility index (Phi) is 9.01. The highest BCUT2D eigenvalue weighted by Crippen LogP contribution is 2.24. The molecule has 0 bridgehead atoms. The highest BCUT2D eigenvalue weighted by Gasteiger charge is 2.19. The molecule has 2 rings (SSSR count). The molecule has 0 fully saturated rings. The third-order valence-electron chi connectivity index (χ3n) is 4.20. The fourth-order valence-electron chi connectivity index (χ4n) is 2.69. The summed E-state index contributed by atoms with van der Waals surface area (Å²) in [6.07, 6.45) is 4.06. The molecule has 0 radical (unpaired) electrons. The number of hydrogen-bond donors (Lipinski definition) is 0. The number of carbonyl (C=O) groups is 2. The maximum atomic E-state index is 12.6. The summed E-state index contributed by atoms with van der Waals surface area (Å²) in [7, 11) is 1.56. The van der Waals surface area contributed by atoms with E-state index in [4.69, 9.17) is 14.2 Å². The standard InChI is InChI=1S/C22H25BrO5/c1-3-4-5-8-13-27-21(24)18-9-6-7-10-19(18)22(25)28-15-16-14-17(23)11-12-20(16)26-2/h6-7,9-12,14H,3-5,8,13,15H2,1-2H3. The van der Waals surface area contributed by atoms with E-state index in [2.05, 4.69) is 22.9 Å². The molecule has 0 aliphatic carbocycles. The number of carbonyl (C=O) groups excluding carboxylic acids is 2. The molecule has 0 heterocycles. The largest absolute Gasteiger partial charge is 0.496 e. The van der Waals surface area contributed by atoms with E-state index in [0.717, 1.165) is 35.7 Å². The Morgan fingerprint density at radius 1 is 0.929 bits per heavy atom. The molecule has 0 unspecified atom stereocenters. The number of halogens is 1. The van der Waals surface area contributed by atoms with Crippen LogP contribution in [-0.2, 0) is 16.1 Å². The number of ether oxygens (including phenoxy) is 3. The monoisotopic (exact) mass is 448 g/mol. The quantitative estimate of drug-likeness (QED) is 0.352. The molecule has 0 amide bonds. The molecule has 0 spiro atoms. The molecule has 2 aromatic rings. The van der Waals surface area contributed by atoms with Crippen molar-refractivity contribution in [3.63, 3.8) is 0 Å². The van der Waals surface area contributed by atoms with Gasteiger partial charge in [0.25, 0.3) is 0 Å². The summed E-state index contributed by atoms with van der Waals surface area (Å²) >= 11 is 3.39. The van der Waals surface area contributed by atoms with Gasteiger partial charge in [-0.15, -0.1) is 0 Å². The first-order chi connectivity index (χ1) is 13.6. The minimum atomic E-state index is -0.583. The zero-order valence-corrected chi connectivity index (χ0v) is 17.8. The van der Waals surface area contributed by atoms with Crippen molar-refractivity contribution in [3.05, 3.63) is 63.6 Å². The first-order valence-electron chi connectivity index (χ1n) is 9.32. The van der Waals surface area contributed by atoms with Crippen LogP contribution >= 0.6 is 15.9 Å². The van der Waals surface area contributed by atoms with Crippen LogP contribution in [0.2, 0.25) is 0 Å². The van der Waals surface area contributed by atoms with Gasteiger partial charge in [-0.1, -0.05) is 54.2 Å². The molecule has 0 aliphatic heterocycles. The maximum absolute atomic E-state index is 12.6. The van der Waals surface area contributed by atoms with Crippen molar-refractivity contribution in [1.82, 2.24) is 0 Å². The van der Waals surface area contributed by atoms with Crippen molar-refractivity contribution in [2.45, 2.75) is 39.2 Å². The first-order valence-corrected chi connectivity index (χ1v) is 10.1. The second kappa shape index (κ2) is 11.5. The molecular weight excluding hydrogens is 424 g/mol. The normalized spacial score (nSPS) is 10.4. The molecule has 5 nitrogen and oxygen atoms in total. The van der Waals surface area contributed by atoms with Crippen LogP contribution in [0.25, 0.3) is 0 Å². The summed E-state index contributed by atoms with van der Waals surface area (Å²) in [5, 5.41) is 0. The second-order valence-electron chi connectivity index (χ2n) is 6.27. The summed E-state index contributed by atoms with van der Waals surface area (Å²) in [6, 6.07) is 12.0. The molecule has 0 saturated carbocycles. The molecule has 2 aromatic carbocycles. The summed E-state index contributed by atoms with van der Waals surface area (Å²) in [6.45, 7) is 2.50. The van der Waals surface area contributed by atoms with E-state index in [-0.39, 0.29) is 17.7 Å². The van der Waals surface area contributed by atoms with E-state index in [9.17, 15) is 9.59 Å². The van der Waals surface area contributed by atoms with Crippen LogP contribution in [0.1, 0.15) is 58.9 Å². The molecule has 150 valence electrons. The molecule has 0 saturated heterocycles. The summed E-state index contributed by atoms with van der Waals surface area (Å²) in [5.41, 5.74) is 1.13. The van der Waals surface area contributed by atoms with Crippen LogP contribution in [-0.4, -0.2) is 25.7 Å². The Morgan fingerprint density at radius 2 is 1.61 bits per heavy atom. The van der Waals surface area contributed by atoms with Crippen molar-refractivity contribution in [2.24, 2.45) is 0 Å². The lowest BCUT2D eigenvalue weighted by molar-refractivity contribution is 0.0434. The molecule has 0 N–H and O–H groups in total. The number of esters is 2. The zero-order valence-electron chi connectivity index (χ0n) is 16.2. The lowest BCUT2D eigenvalue weighted by atomic mass is 10.1. The van der Waals surface area contributed by atoms with Crippen molar-refractivity contribution in [3.8, 4) is 5.75 Å². The van der Waals surface area contributed by atoms with Crippen LogP contribution in [0.15, 0.2) is 46.9 Å². The van der Waals surface area contributed by atoms with Crippen LogP contribution in [0.4, 0.5) is 0 Å². The lowest BCUT2D eigenvalue weighted by Gasteiger charge is -2.12. The molecule has 0 aromatic heterocycles. The van der Waals surface area contributed by atoms with Gasteiger partial charge in [0, 0.05) is 10.0 Å². The highest BCUT2D eigenvalue weighted by atomic mass is 79.9. The highest BCUT2D eigenvalue weighted by molar-refractivity contribution is 9.10. The van der Waals surface area contributed by atoms with E-state index in [0.29, 0.717) is 12.4 Å². The molecule has 0 atom stereocenters. The third-order valence-corrected chi connectivity index (χ3v) is 4.69. The molecule has 0 aliphatic rings. The first kappa shape index (κ1) is 22.0. The van der Waals surface area contributed by atoms with Crippen molar-refractivity contribution in [1.29, 1.82) is 0 Å². The van der Waals surface area contributed by atoms with Crippen LogP contribution in [0.3, 0.4) is 0 Å². The Balaban J connectivity index is 2.02. The summed E-state index contributed by atoms with van der Waals surface area (Å²) < 4.78 is 16.9. The topological polar surface area (TPSA) is 61.8 Å². The minimum absolute atomic E-state index is 0.0296. The predicted octanol–water partition coefficient (Wildman–Crippen LogP) is 5.55. The second-order valence-corrected chi connectivity index (χ2v) is 7.19. The van der Waals surface area contributed by atoms with Gasteiger partial charge < -0.3 is 14.2 Å². The van der Waals surface area contributed by atoms with Gasteiger partial charge in [-0.25, -0.2) is 9.59 Å². The van der Waals surface area contributed by atoms with Crippen LogP contribution < -0.4 is 4.74 Å². The van der Waals surface area contributed by atoms with Crippen molar-refractivity contribution < 1.29 is 23.8 Å². The van der Waals surface area contributed by atoms with Gasteiger partial charge in [0.05, 0.1) is 24.8 Å². The van der Waals surface area contributed by atoms with E-state index in [1.807, 2.05) is 12.1 Å². The molecular formula is C22H25BrO5. The number of hydrogen-bond acceptors (Lipinski definition) is 5. The van der Waals surface area contributed by atoms with E-state index in [1.165, 1.54) is 0 Å². The lowest BCUT2D eigenvalue weighted by Crippen LogP contribution is -2.14. The maximum Gasteiger partial charge on any atom is 0.339 e. The van der Waals surface area contributed by atoms with Crippen molar-refractivity contribution >= 4 is 27.9 Å². The Labute approximate surface area is 174 Å². The van der Waals surface area contributed by atoms with Gasteiger partial charge in [0.2, 0.25) is 0 Å². The van der Waals surface area contributed by atoms with Crippen LogP contribution in [0, 0.1) is 0 Å². The SMILES string of the molecule is CCCCCCOC(=O)c1ccccc1C(=O)OCc1cc(Br)ccc1OC. The Bertz CT molecular complexity index is 803. The average molecular weight is 449 g/mol. The summed E-state index contributed by atoms with van der Waals surface area (Å²) in [5.74, 6) is -0.472. The van der Waals surface area contributed by atoms with Gasteiger partial charge in [0.15, 0.2) is 0 Å². The number of benzene rings is 2. The fraction of sp³-hybridized carbons (Fsp3) is 0.364. The fourth-order valence-corrected chi connectivity index (χ4v) is 3.10. The van der Waals surface area contributed by atoms with Crippen LogP contribution in [0.5, 0.6) is 5.75 Å². The Morgan fingerprint density at radius 3 is 2.25 bits per heavy atom. The van der Waals surface area contributed by atoms with Gasteiger partial charge in [-0.2, -0.15) is 0 Å². The average Bonchev–Trinajstić information content (AvgIpc) is 2.71. The van der Waals surface area contributed by atoms with E-state index < -0.39 is 11.9 Å². The number of unbranched alkanes of at least 4 members (excludes halogenated alkanes) is 3. The Hall–Kier alpha value is -2.34. The third kappa shape index (κ3) is 6.37. The number of methoxy groups -OCH3 is 1. The van der Waals surface area contributed by atoms with Gasteiger partial charge >= 0.3 is 11.9 Å².